The summed E-state index contributed by atoms with van der Waals surface area (Å²) in [6, 6.07) is 5.81. The summed E-state index contributed by atoms with van der Waals surface area (Å²) in [6.45, 7) is 3.77. The number of para-hydroxylation sites is 1. The minimum absolute atomic E-state index is 0.107. The van der Waals surface area contributed by atoms with E-state index in [4.69, 9.17) is 0 Å². The lowest BCUT2D eigenvalue weighted by Gasteiger charge is -2.25. The van der Waals surface area contributed by atoms with Crippen LogP contribution in [0.3, 0.4) is 0 Å². The second-order valence-electron chi connectivity index (χ2n) is 4.61. The van der Waals surface area contributed by atoms with Gasteiger partial charge in [0.05, 0.1) is 11.3 Å². The molecule has 0 aromatic heterocycles. The molecule has 1 aromatic carbocycles. The molecule has 0 aliphatic rings. The molecular weight excluding hydrogens is 298 g/mol. The van der Waals surface area contributed by atoms with Gasteiger partial charge < -0.3 is 15.7 Å². The molecule has 2 amide bonds. The quantitative estimate of drug-likeness (QED) is 0.672. The molecule has 7 heteroatoms. The van der Waals surface area contributed by atoms with E-state index >= 15 is 0 Å². The van der Waals surface area contributed by atoms with Crippen LogP contribution in [0.1, 0.15) is 26.7 Å². The highest BCUT2D eigenvalue weighted by molar-refractivity contribution is 7.99. The summed E-state index contributed by atoms with van der Waals surface area (Å²) in [5.41, 5.74) is -0.633. The first kappa shape index (κ1) is 17.7. The Morgan fingerprint density at radius 3 is 2.52 bits per heavy atom. The summed E-state index contributed by atoms with van der Waals surface area (Å²) in [6.07, 6.45) is 1.03. The maximum Gasteiger partial charge on any atom is 0.319 e. The molecule has 4 nitrogen and oxygen atoms in total. The van der Waals surface area contributed by atoms with Crippen LogP contribution in [0.25, 0.3) is 0 Å². The number of hydrogen-bond acceptors (Lipinski definition) is 3. The van der Waals surface area contributed by atoms with Crippen LogP contribution in [0.15, 0.2) is 29.2 Å². The van der Waals surface area contributed by atoms with Crippen molar-refractivity contribution >= 4 is 23.5 Å². The van der Waals surface area contributed by atoms with Gasteiger partial charge in [0.15, 0.2) is 0 Å². The maximum absolute atomic E-state index is 12.4. The predicted molar refractivity (Wildman–Crippen MR) is 80.9 cm³/mol. The van der Waals surface area contributed by atoms with Crippen LogP contribution >= 0.6 is 11.8 Å². The Hall–Kier alpha value is -1.34. The molecule has 0 atom stereocenters. The van der Waals surface area contributed by atoms with Gasteiger partial charge in [-0.15, -0.1) is 0 Å². The highest BCUT2D eigenvalue weighted by Crippen LogP contribution is 2.31. The number of carbonyl (C=O) groups excluding carboxylic acids is 1. The van der Waals surface area contributed by atoms with Crippen LogP contribution in [-0.4, -0.2) is 29.0 Å². The Morgan fingerprint density at radius 2 is 1.95 bits per heavy atom. The fourth-order valence-electron chi connectivity index (χ4n) is 1.68. The molecule has 0 aliphatic carbocycles. The van der Waals surface area contributed by atoms with Gasteiger partial charge in [-0.2, -0.15) is 8.78 Å². The summed E-state index contributed by atoms with van der Waals surface area (Å²) in [4.78, 5) is 12.1. The molecule has 0 aliphatic heterocycles. The van der Waals surface area contributed by atoms with Crippen LogP contribution in [0.5, 0.6) is 0 Å². The van der Waals surface area contributed by atoms with E-state index in [-0.39, 0.29) is 6.54 Å². The molecule has 0 heterocycles. The van der Waals surface area contributed by atoms with Crippen molar-refractivity contribution in [3.05, 3.63) is 24.3 Å². The van der Waals surface area contributed by atoms with Gasteiger partial charge in [-0.05, 0) is 25.0 Å². The standard InChI is InChI=1S/C14H20F2N2O2S/c1-3-14(20,4-2)9-17-13(19)18-10-7-5-6-8-11(10)21-12(15)16/h5-8,12,20H,3-4,9H2,1-2H3,(H2,17,18,19). The maximum atomic E-state index is 12.4. The minimum Gasteiger partial charge on any atom is -0.388 e. The van der Waals surface area contributed by atoms with Gasteiger partial charge in [-0.25, -0.2) is 4.79 Å². The number of anilines is 1. The third-order valence-corrected chi connectivity index (χ3v) is 4.03. The molecule has 0 spiro atoms. The van der Waals surface area contributed by atoms with E-state index in [1.165, 1.54) is 6.07 Å². The molecular formula is C14H20F2N2O2S. The molecule has 118 valence electrons. The molecule has 21 heavy (non-hydrogen) atoms. The highest BCUT2D eigenvalue weighted by atomic mass is 32.2. The van der Waals surface area contributed by atoms with Crippen molar-refractivity contribution in [3.63, 3.8) is 0 Å². The molecule has 0 fully saturated rings. The number of halogens is 2. The van der Waals surface area contributed by atoms with Crippen molar-refractivity contribution in [3.8, 4) is 0 Å². The Labute approximate surface area is 127 Å². The van der Waals surface area contributed by atoms with E-state index in [0.717, 1.165) is 0 Å². The first-order valence-corrected chi connectivity index (χ1v) is 7.59. The number of carbonyl (C=O) groups is 1. The van der Waals surface area contributed by atoms with Crippen molar-refractivity contribution in [2.75, 3.05) is 11.9 Å². The van der Waals surface area contributed by atoms with Crippen LogP contribution in [-0.2, 0) is 0 Å². The summed E-state index contributed by atoms with van der Waals surface area (Å²) < 4.78 is 24.9. The zero-order chi connectivity index (χ0) is 15.9. The van der Waals surface area contributed by atoms with Crippen molar-refractivity contribution in [2.45, 2.75) is 42.9 Å². The zero-order valence-corrected chi connectivity index (χ0v) is 12.8. The number of alkyl halides is 2. The van der Waals surface area contributed by atoms with Crippen LogP contribution in [0, 0.1) is 0 Å². The Bertz CT molecular complexity index is 468. The predicted octanol–water partition coefficient (Wildman–Crippen LogP) is 3.67. The fourth-order valence-corrected chi connectivity index (χ4v) is 2.28. The lowest BCUT2D eigenvalue weighted by atomic mass is 9.98. The smallest absolute Gasteiger partial charge is 0.319 e. The zero-order valence-electron chi connectivity index (χ0n) is 12.0. The van der Waals surface area contributed by atoms with Crippen molar-refractivity contribution in [2.24, 2.45) is 0 Å². The molecule has 0 saturated carbocycles. The van der Waals surface area contributed by atoms with Gasteiger partial charge in [-0.3, -0.25) is 0 Å². The summed E-state index contributed by atoms with van der Waals surface area (Å²) in [7, 11) is 0. The normalized spacial score (nSPS) is 11.5. The monoisotopic (exact) mass is 318 g/mol. The molecule has 0 radical (unpaired) electrons. The van der Waals surface area contributed by atoms with Gasteiger partial charge in [0.1, 0.15) is 0 Å². The average Bonchev–Trinajstić information content (AvgIpc) is 2.46. The van der Waals surface area contributed by atoms with Crippen LogP contribution in [0.2, 0.25) is 0 Å². The van der Waals surface area contributed by atoms with E-state index in [9.17, 15) is 18.7 Å². The molecule has 1 aromatic rings. The number of amides is 2. The summed E-state index contributed by atoms with van der Waals surface area (Å²) >= 11 is 0.374. The Kier molecular flexibility index (Phi) is 6.91. The highest BCUT2D eigenvalue weighted by Gasteiger charge is 2.22. The minimum atomic E-state index is -2.55. The third kappa shape index (κ3) is 5.89. The molecule has 0 unspecified atom stereocenters. The first-order chi connectivity index (χ1) is 9.90. The molecule has 1 rings (SSSR count). The van der Waals surface area contributed by atoms with Gasteiger partial charge >= 0.3 is 6.03 Å². The number of nitrogens with one attached hydrogen (secondary N) is 2. The number of benzene rings is 1. The van der Waals surface area contributed by atoms with E-state index in [1.807, 2.05) is 13.8 Å². The lowest BCUT2D eigenvalue weighted by Crippen LogP contribution is -2.43. The topological polar surface area (TPSA) is 61.4 Å². The second-order valence-corrected chi connectivity index (χ2v) is 5.65. The van der Waals surface area contributed by atoms with Crippen LogP contribution in [0.4, 0.5) is 19.3 Å². The number of thioether (sulfide) groups is 1. The van der Waals surface area contributed by atoms with Gasteiger partial charge in [0, 0.05) is 11.4 Å². The van der Waals surface area contributed by atoms with Crippen molar-refractivity contribution < 1.29 is 18.7 Å². The first-order valence-electron chi connectivity index (χ1n) is 6.71. The summed E-state index contributed by atoms with van der Waals surface area (Å²) in [5.74, 6) is -2.55. The van der Waals surface area contributed by atoms with Gasteiger partial charge in [0.2, 0.25) is 0 Å². The van der Waals surface area contributed by atoms with E-state index in [1.54, 1.807) is 18.2 Å². The van der Waals surface area contributed by atoms with E-state index in [0.29, 0.717) is 35.2 Å². The largest absolute Gasteiger partial charge is 0.388 e. The summed E-state index contributed by atoms with van der Waals surface area (Å²) in [5, 5.41) is 15.2. The Morgan fingerprint density at radius 1 is 1.33 bits per heavy atom. The van der Waals surface area contributed by atoms with Crippen molar-refractivity contribution in [1.82, 2.24) is 5.32 Å². The lowest BCUT2D eigenvalue weighted by molar-refractivity contribution is 0.0354. The Balaban J connectivity index is 2.63. The number of aliphatic hydroxyl groups is 1. The number of urea groups is 1. The van der Waals surface area contributed by atoms with E-state index < -0.39 is 17.4 Å². The number of hydrogen-bond donors (Lipinski definition) is 3. The second kappa shape index (κ2) is 8.19. The SMILES string of the molecule is CCC(O)(CC)CNC(=O)Nc1ccccc1SC(F)F. The fraction of sp³-hybridized carbons (Fsp3) is 0.500. The van der Waals surface area contributed by atoms with Crippen LogP contribution < -0.4 is 10.6 Å². The molecule has 0 bridgehead atoms. The average molecular weight is 318 g/mol. The van der Waals surface area contributed by atoms with E-state index in [2.05, 4.69) is 10.6 Å². The third-order valence-electron chi connectivity index (χ3n) is 3.25. The number of rotatable bonds is 7. The molecule has 3 N–H and O–H groups in total. The molecule has 0 saturated heterocycles. The van der Waals surface area contributed by atoms with Gasteiger partial charge in [-0.1, -0.05) is 37.7 Å². The van der Waals surface area contributed by atoms with Crippen molar-refractivity contribution in [1.29, 1.82) is 0 Å². The van der Waals surface area contributed by atoms with Gasteiger partial charge in [0.25, 0.3) is 5.76 Å².